The van der Waals surface area contributed by atoms with Gasteiger partial charge in [0.15, 0.2) is 6.04 Å². The summed E-state index contributed by atoms with van der Waals surface area (Å²) < 4.78 is 0. The van der Waals surface area contributed by atoms with Crippen molar-refractivity contribution in [2.24, 2.45) is 15.3 Å². The van der Waals surface area contributed by atoms with E-state index in [9.17, 15) is 9.59 Å². The Hall–Kier alpha value is -3.35. The highest BCUT2D eigenvalue weighted by Gasteiger charge is 2.34. The number of carbonyl (C=O) groups is 2. The fraction of sp³-hybridized carbons (Fsp3) is 0.118. The van der Waals surface area contributed by atoms with Crippen LogP contribution in [0.3, 0.4) is 0 Å². The lowest BCUT2D eigenvalue weighted by Crippen LogP contribution is -2.29. The molecule has 1 amide bonds. The highest BCUT2D eigenvalue weighted by molar-refractivity contribution is 6.18. The second-order valence-electron chi connectivity index (χ2n) is 5.20. The summed E-state index contributed by atoms with van der Waals surface area (Å²) in [6, 6.07) is 14.3. The lowest BCUT2D eigenvalue weighted by molar-refractivity contribution is -0.117. The molecule has 24 heavy (non-hydrogen) atoms. The fourth-order valence-corrected chi connectivity index (χ4v) is 2.27. The summed E-state index contributed by atoms with van der Waals surface area (Å²) in [5.74, 6) is -1.34. The summed E-state index contributed by atoms with van der Waals surface area (Å²) in [6.45, 7) is 1.71. The van der Waals surface area contributed by atoms with E-state index in [0.29, 0.717) is 17.1 Å². The van der Waals surface area contributed by atoms with Gasteiger partial charge in [0, 0.05) is 0 Å². The summed E-state index contributed by atoms with van der Waals surface area (Å²) in [5, 5.41) is 22.5. The Kier molecular flexibility index (Phi) is 4.15. The molecule has 1 atom stereocenters. The van der Waals surface area contributed by atoms with Crippen molar-refractivity contribution in [2.45, 2.75) is 13.0 Å². The molecule has 3 rings (SSSR count). The van der Waals surface area contributed by atoms with Crippen molar-refractivity contribution >= 4 is 29.0 Å². The van der Waals surface area contributed by atoms with Gasteiger partial charge in [-0.25, -0.2) is 4.79 Å². The van der Waals surface area contributed by atoms with Crippen LogP contribution in [-0.4, -0.2) is 28.7 Å². The molecule has 120 valence electrons. The van der Waals surface area contributed by atoms with E-state index in [2.05, 4.69) is 15.3 Å². The Morgan fingerprint density at radius 2 is 1.92 bits per heavy atom. The molecule has 0 aromatic heterocycles. The van der Waals surface area contributed by atoms with Crippen molar-refractivity contribution in [1.82, 2.24) is 0 Å². The number of para-hydroxylation sites is 1. The van der Waals surface area contributed by atoms with Crippen LogP contribution in [0.15, 0.2) is 69.9 Å². The molecule has 0 spiro atoms. The summed E-state index contributed by atoms with van der Waals surface area (Å²) in [7, 11) is 0. The van der Waals surface area contributed by atoms with Gasteiger partial charge >= 0.3 is 5.97 Å². The Balaban J connectivity index is 1.81. The van der Waals surface area contributed by atoms with Crippen LogP contribution in [0.5, 0.6) is 0 Å². The minimum absolute atomic E-state index is 0.112. The van der Waals surface area contributed by atoms with Crippen molar-refractivity contribution < 1.29 is 14.7 Å². The zero-order chi connectivity index (χ0) is 17.1. The van der Waals surface area contributed by atoms with Gasteiger partial charge in [0.05, 0.1) is 22.6 Å². The molecule has 7 nitrogen and oxygen atoms in total. The van der Waals surface area contributed by atoms with Crippen LogP contribution >= 0.6 is 0 Å². The number of benzene rings is 2. The maximum absolute atomic E-state index is 12.5. The SMILES string of the molecule is CC1=NN(c2ccccc2)C(=O)[C@@H]1N=Nc1cccc(C(=O)O)c1. The molecule has 2 aromatic rings. The zero-order valence-electron chi connectivity index (χ0n) is 12.8. The molecule has 1 heterocycles. The second-order valence-corrected chi connectivity index (χ2v) is 5.20. The van der Waals surface area contributed by atoms with Crippen LogP contribution in [0.1, 0.15) is 17.3 Å². The van der Waals surface area contributed by atoms with Gasteiger partial charge in [-0.3, -0.25) is 4.79 Å². The van der Waals surface area contributed by atoms with Gasteiger partial charge in [-0.2, -0.15) is 20.3 Å². The van der Waals surface area contributed by atoms with Crippen molar-refractivity contribution in [3.05, 3.63) is 60.2 Å². The minimum atomic E-state index is -1.04. The van der Waals surface area contributed by atoms with E-state index in [1.807, 2.05) is 18.2 Å². The molecule has 1 aliphatic rings. The van der Waals surface area contributed by atoms with Crippen LogP contribution < -0.4 is 5.01 Å². The molecule has 0 saturated heterocycles. The van der Waals surface area contributed by atoms with Gasteiger partial charge in [0.25, 0.3) is 5.91 Å². The Morgan fingerprint density at radius 3 is 2.62 bits per heavy atom. The number of hydrogen-bond donors (Lipinski definition) is 1. The van der Waals surface area contributed by atoms with Crippen LogP contribution in [0.4, 0.5) is 11.4 Å². The van der Waals surface area contributed by atoms with Crippen molar-refractivity contribution in [3.8, 4) is 0 Å². The van der Waals surface area contributed by atoms with Gasteiger partial charge < -0.3 is 5.11 Å². The third-order valence-corrected chi connectivity index (χ3v) is 3.48. The van der Waals surface area contributed by atoms with E-state index in [1.54, 1.807) is 31.2 Å². The number of rotatable bonds is 4. The maximum atomic E-state index is 12.5. The number of azo groups is 1. The highest BCUT2D eigenvalue weighted by atomic mass is 16.4. The molecular formula is C17H14N4O3. The van der Waals surface area contributed by atoms with E-state index in [1.165, 1.54) is 17.1 Å². The van der Waals surface area contributed by atoms with Crippen molar-refractivity contribution in [3.63, 3.8) is 0 Å². The predicted molar refractivity (Wildman–Crippen MR) is 88.7 cm³/mol. The number of aromatic carboxylic acids is 1. The first-order chi connectivity index (χ1) is 11.6. The quantitative estimate of drug-likeness (QED) is 0.875. The van der Waals surface area contributed by atoms with E-state index in [0.717, 1.165) is 0 Å². The highest BCUT2D eigenvalue weighted by Crippen LogP contribution is 2.23. The van der Waals surface area contributed by atoms with Crippen LogP contribution in [0.25, 0.3) is 0 Å². The molecule has 0 bridgehead atoms. The average Bonchev–Trinajstić information content (AvgIpc) is 2.88. The van der Waals surface area contributed by atoms with Gasteiger partial charge in [-0.1, -0.05) is 24.3 Å². The molecule has 2 aromatic carbocycles. The standard InChI is InChI=1S/C17H14N4O3/c1-11-15(16(22)21(20-11)14-8-3-2-4-9-14)19-18-13-7-5-6-12(10-13)17(23)24/h2-10,15H,1H3,(H,23,24)/t15-/m1/s1. The molecule has 0 radical (unpaired) electrons. The van der Waals surface area contributed by atoms with Crippen LogP contribution in [0.2, 0.25) is 0 Å². The third-order valence-electron chi connectivity index (χ3n) is 3.48. The summed E-state index contributed by atoms with van der Waals surface area (Å²) in [5.41, 5.74) is 1.67. The molecule has 0 aliphatic carbocycles. The first-order valence-electron chi connectivity index (χ1n) is 7.24. The van der Waals surface area contributed by atoms with Gasteiger partial charge in [0.1, 0.15) is 0 Å². The molecule has 1 aliphatic heterocycles. The predicted octanol–water partition coefficient (Wildman–Crippen LogP) is 3.26. The lowest BCUT2D eigenvalue weighted by Gasteiger charge is -2.11. The molecule has 0 saturated carbocycles. The summed E-state index contributed by atoms with van der Waals surface area (Å²) >= 11 is 0. The zero-order valence-corrected chi connectivity index (χ0v) is 12.8. The van der Waals surface area contributed by atoms with E-state index < -0.39 is 12.0 Å². The number of carboxylic acid groups (broad SMARTS) is 1. The van der Waals surface area contributed by atoms with Crippen molar-refractivity contribution in [2.75, 3.05) is 5.01 Å². The summed E-state index contributed by atoms with van der Waals surface area (Å²) in [6.07, 6.45) is 0. The van der Waals surface area contributed by atoms with Crippen LogP contribution in [0, 0.1) is 0 Å². The van der Waals surface area contributed by atoms with Gasteiger partial charge in [-0.05, 0) is 37.3 Å². The molecule has 7 heteroatoms. The van der Waals surface area contributed by atoms with Crippen LogP contribution in [-0.2, 0) is 4.79 Å². The van der Waals surface area contributed by atoms with Gasteiger partial charge in [-0.15, -0.1) is 0 Å². The maximum Gasteiger partial charge on any atom is 0.335 e. The van der Waals surface area contributed by atoms with Gasteiger partial charge in [0.2, 0.25) is 0 Å². The number of carbonyl (C=O) groups excluding carboxylic acids is 1. The smallest absolute Gasteiger partial charge is 0.335 e. The third kappa shape index (κ3) is 3.05. The summed E-state index contributed by atoms with van der Waals surface area (Å²) in [4.78, 5) is 23.4. The number of amides is 1. The number of carboxylic acids is 1. The first-order valence-corrected chi connectivity index (χ1v) is 7.24. The van der Waals surface area contributed by atoms with E-state index >= 15 is 0 Å². The second kappa shape index (κ2) is 6.41. The normalized spacial score (nSPS) is 17.4. The Bertz CT molecular complexity index is 846. The number of hydrazone groups is 1. The minimum Gasteiger partial charge on any atom is -0.478 e. The van der Waals surface area contributed by atoms with E-state index in [4.69, 9.17) is 5.11 Å². The monoisotopic (exact) mass is 322 g/mol. The molecule has 0 unspecified atom stereocenters. The fourth-order valence-electron chi connectivity index (χ4n) is 2.27. The first kappa shape index (κ1) is 15.5. The number of anilines is 1. The topological polar surface area (TPSA) is 94.7 Å². The van der Waals surface area contributed by atoms with Crippen molar-refractivity contribution in [1.29, 1.82) is 0 Å². The lowest BCUT2D eigenvalue weighted by atomic mass is 10.2. The molecule has 0 fully saturated rings. The Labute approximate surface area is 137 Å². The number of nitrogens with zero attached hydrogens (tertiary/aromatic N) is 4. The molecule has 1 N–H and O–H groups in total. The molecular weight excluding hydrogens is 308 g/mol. The number of hydrogen-bond acceptors (Lipinski definition) is 5. The Morgan fingerprint density at radius 1 is 1.17 bits per heavy atom. The largest absolute Gasteiger partial charge is 0.478 e. The average molecular weight is 322 g/mol. The van der Waals surface area contributed by atoms with E-state index in [-0.39, 0.29) is 11.5 Å².